The van der Waals surface area contributed by atoms with Crippen molar-refractivity contribution in [3.63, 3.8) is 0 Å². The molecule has 4 aliphatic carbocycles. The zero-order chi connectivity index (χ0) is 18.5. The number of aromatic nitrogens is 1. The molecule has 4 bridgehead atoms. The van der Waals surface area contributed by atoms with Crippen molar-refractivity contribution in [1.82, 2.24) is 4.98 Å². The van der Waals surface area contributed by atoms with Crippen molar-refractivity contribution < 1.29 is 14.3 Å². The zero-order valence-electron chi connectivity index (χ0n) is 14.7. The van der Waals surface area contributed by atoms with E-state index in [4.69, 9.17) is 27.9 Å². The Kier molecular flexibility index (Phi) is 4.64. The number of esters is 1. The maximum absolute atomic E-state index is 12.8. The number of rotatable bonds is 4. The zero-order valence-corrected chi connectivity index (χ0v) is 16.2. The fraction of sp³-hybridized carbons (Fsp3) is 0.632. The van der Waals surface area contributed by atoms with E-state index in [0.717, 1.165) is 19.3 Å². The number of aryl methyl sites for hydroxylation is 1. The van der Waals surface area contributed by atoms with Gasteiger partial charge in [-0.25, -0.2) is 4.98 Å². The van der Waals surface area contributed by atoms with Crippen LogP contribution in [-0.4, -0.2) is 23.5 Å². The Morgan fingerprint density at radius 3 is 2.31 bits per heavy atom. The number of nitrogens with zero attached hydrogens (tertiary/aromatic N) is 1. The molecule has 0 aromatic carbocycles. The van der Waals surface area contributed by atoms with Crippen LogP contribution in [0.25, 0.3) is 0 Å². The molecule has 0 unspecified atom stereocenters. The highest BCUT2D eigenvalue weighted by molar-refractivity contribution is 6.36. The van der Waals surface area contributed by atoms with Crippen LogP contribution in [0.5, 0.6) is 0 Å². The van der Waals surface area contributed by atoms with Gasteiger partial charge in [0, 0.05) is 0 Å². The Hall–Kier alpha value is -1.33. The Labute approximate surface area is 162 Å². The third-order valence-corrected chi connectivity index (χ3v) is 6.84. The molecular formula is C19H22Cl2N2O3. The van der Waals surface area contributed by atoms with Gasteiger partial charge in [-0.3, -0.25) is 9.59 Å². The molecule has 1 aromatic rings. The summed E-state index contributed by atoms with van der Waals surface area (Å²) < 4.78 is 5.41. The van der Waals surface area contributed by atoms with Gasteiger partial charge in [0.1, 0.15) is 0 Å². The Bertz CT molecular complexity index is 730. The molecule has 0 spiro atoms. The summed E-state index contributed by atoms with van der Waals surface area (Å²) in [5.41, 5.74) is 0.207. The summed E-state index contributed by atoms with van der Waals surface area (Å²) in [6, 6.07) is 1.53. The van der Waals surface area contributed by atoms with E-state index in [9.17, 15) is 9.59 Å². The number of carbonyl (C=O) groups excluding carboxylic acids is 2. The number of carbonyl (C=O) groups is 2. The quantitative estimate of drug-likeness (QED) is 0.765. The summed E-state index contributed by atoms with van der Waals surface area (Å²) in [7, 11) is 0. The van der Waals surface area contributed by atoms with E-state index in [1.165, 1.54) is 25.3 Å². The van der Waals surface area contributed by atoms with Crippen LogP contribution in [0, 0.1) is 30.1 Å². The molecule has 0 atom stereocenters. The molecule has 26 heavy (non-hydrogen) atoms. The van der Waals surface area contributed by atoms with Gasteiger partial charge in [0.15, 0.2) is 12.4 Å². The van der Waals surface area contributed by atoms with Gasteiger partial charge in [-0.1, -0.05) is 23.2 Å². The van der Waals surface area contributed by atoms with Crippen molar-refractivity contribution in [2.45, 2.75) is 45.4 Å². The van der Waals surface area contributed by atoms with E-state index in [1.54, 1.807) is 6.92 Å². The number of hydrogen-bond acceptors (Lipinski definition) is 4. The molecule has 0 aliphatic heterocycles. The maximum Gasteiger partial charge on any atom is 0.312 e. The second-order valence-electron chi connectivity index (χ2n) is 8.21. The van der Waals surface area contributed by atoms with Crippen molar-refractivity contribution in [1.29, 1.82) is 0 Å². The first-order chi connectivity index (χ1) is 12.3. The van der Waals surface area contributed by atoms with Crippen LogP contribution >= 0.6 is 23.2 Å². The van der Waals surface area contributed by atoms with Crippen LogP contribution in [0.3, 0.4) is 0 Å². The van der Waals surface area contributed by atoms with Gasteiger partial charge in [-0.15, -0.1) is 0 Å². The standard InChI is InChI=1S/C19H22Cl2N2O3/c1-10-14(20)5-15(21)17(22-10)23-16(24)9-26-18(25)19-6-11-2-12(7-19)4-13(3-11)8-19/h5,11-13H,2-4,6-9H2,1H3,(H,22,23,24). The third kappa shape index (κ3) is 3.31. The molecule has 1 aromatic heterocycles. The molecule has 4 saturated carbocycles. The predicted molar refractivity (Wildman–Crippen MR) is 99.2 cm³/mol. The van der Waals surface area contributed by atoms with E-state index >= 15 is 0 Å². The molecular weight excluding hydrogens is 375 g/mol. The highest BCUT2D eigenvalue weighted by Crippen LogP contribution is 2.60. The van der Waals surface area contributed by atoms with E-state index < -0.39 is 5.91 Å². The third-order valence-electron chi connectivity index (χ3n) is 6.17. The number of ether oxygens (including phenoxy) is 1. The summed E-state index contributed by atoms with van der Waals surface area (Å²) in [5.74, 6) is 1.54. The lowest BCUT2D eigenvalue weighted by molar-refractivity contribution is -0.172. The van der Waals surface area contributed by atoms with Gasteiger partial charge in [0.05, 0.1) is 21.2 Å². The Morgan fingerprint density at radius 2 is 1.73 bits per heavy atom. The second-order valence-corrected chi connectivity index (χ2v) is 9.02. The molecule has 140 valence electrons. The molecule has 5 nitrogen and oxygen atoms in total. The Morgan fingerprint density at radius 1 is 1.15 bits per heavy atom. The lowest BCUT2D eigenvalue weighted by atomic mass is 9.49. The lowest BCUT2D eigenvalue weighted by Crippen LogP contribution is -2.50. The van der Waals surface area contributed by atoms with E-state index in [1.807, 2.05) is 0 Å². The van der Waals surface area contributed by atoms with Crippen molar-refractivity contribution in [3.8, 4) is 0 Å². The van der Waals surface area contributed by atoms with Gasteiger partial charge in [0.25, 0.3) is 5.91 Å². The number of anilines is 1. The molecule has 0 radical (unpaired) electrons. The van der Waals surface area contributed by atoms with Crippen molar-refractivity contribution in [3.05, 3.63) is 21.8 Å². The molecule has 1 amide bonds. The number of pyridine rings is 1. The van der Waals surface area contributed by atoms with Crippen LogP contribution in [0.2, 0.25) is 10.0 Å². The maximum atomic E-state index is 12.8. The predicted octanol–water partition coefficient (Wildman–Crippen LogP) is 4.39. The topological polar surface area (TPSA) is 68.3 Å². The number of amides is 1. The minimum absolute atomic E-state index is 0.210. The van der Waals surface area contributed by atoms with Crippen LogP contribution in [0.4, 0.5) is 5.82 Å². The molecule has 0 saturated heterocycles. The molecule has 4 fully saturated rings. The van der Waals surface area contributed by atoms with Gasteiger partial charge >= 0.3 is 5.97 Å². The van der Waals surface area contributed by atoms with Crippen molar-refractivity contribution >= 4 is 40.9 Å². The average Bonchev–Trinajstić information content (AvgIpc) is 2.56. The first-order valence-electron chi connectivity index (χ1n) is 9.14. The monoisotopic (exact) mass is 396 g/mol. The number of nitrogens with one attached hydrogen (secondary N) is 1. The van der Waals surface area contributed by atoms with Crippen LogP contribution in [0.15, 0.2) is 6.07 Å². The highest BCUT2D eigenvalue weighted by Gasteiger charge is 2.55. The summed E-state index contributed by atoms with van der Waals surface area (Å²) in [4.78, 5) is 29.1. The molecule has 1 N–H and O–H groups in total. The highest BCUT2D eigenvalue weighted by atomic mass is 35.5. The molecule has 7 heteroatoms. The van der Waals surface area contributed by atoms with Crippen molar-refractivity contribution in [2.24, 2.45) is 23.2 Å². The van der Waals surface area contributed by atoms with Crippen LogP contribution < -0.4 is 5.32 Å². The minimum Gasteiger partial charge on any atom is -0.455 e. The summed E-state index contributed by atoms with van der Waals surface area (Å²) in [6.45, 7) is 1.40. The molecule has 4 aliphatic rings. The summed E-state index contributed by atoms with van der Waals surface area (Å²) >= 11 is 12.0. The van der Waals surface area contributed by atoms with Gasteiger partial charge in [-0.05, 0) is 69.3 Å². The fourth-order valence-electron chi connectivity index (χ4n) is 5.46. The minimum atomic E-state index is -0.445. The normalized spacial score (nSPS) is 31.7. The van der Waals surface area contributed by atoms with Crippen molar-refractivity contribution in [2.75, 3.05) is 11.9 Å². The second kappa shape index (κ2) is 6.68. The fourth-order valence-corrected chi connectivity index (χ4v) is 5.87. The Balaban J connectivity index is 1.36. The van der Waals surface area contributed by atoms with Gasteiger partial charge in [-0.2, -0.15) is 0 Å². The SMILES string of the molecule is Cc1nc(NC(=O)COC(=O)C23CC4CC(CC(C4)C2)C3)c(Cl)cc1Cl. The molecule has 5 rings (SSSR count). The van der Waals surface area contributed by atoms with Gasteiger partial charge in [0.2, 0.25) is 0 Å². The van der Waals surface area contributed by atoms with E-state index in [2.05, 4.69) is 10.3 Å². The lowest BCUT2D eigenvalue weighted by Gasteiger charge is -2.55. The number of halogens is 2. The summed E-state index contributed by atoms with van der Waals surface area (Å²) in [5, 5.41) is 3.27. The van der Waals surface area contributed by atoms with Crippen LogP contribution in [0.1, 0.15) is 44.2 Å². The average molecular weight is 397 g/mol. The first-order valence-corrected chi connectivity index (χ1v) is 9.90. The smallest absolute Gasteiger partial charge is 0.312 e. The molecule has 1 heterocycles. The van der Waals surface area contributed by atoms with E-state index in [0.29, 0.717) is 28.5 Å². The largest absolute Gasteiger partial charge is 0.455 e. The first kappa shape index (κ1) is 18.1. The number of hydrogen-bond donors (Lipinski definition) is 1. The van der Waals surface area contributed by atoms with Crippen LogP contribution in [-0.2, 0) is 14.3 Å². The summed E-state index contributed by atoms with van der Waals surface area (Å²) in [6.07, 6.45) is 6.53. The van der Waals surface area contributed by atoms with Gasteiger partial charge < -0.3 is 10.1 Å². The van der Waals surface area contributed by atoms with E-state index in [-0.39, 0.29) is 28.8 Å².